The molecule has 0 unspecified atom stereocenters. The van der Waals surface area contributed by atoms with Crippen LogP contribution in [0.4, 0.5) is 23.1 Å². The van der Waals surface area contributed by atoms with Crippen molar-refractivity contribution < 1.29 is 14.8 Å². The van der Waals surface area contributed by atoms with E-state index in [0.717, 1.165) is 40.7 Å². The molecular weight excluding hydrogens is 496 g/mol. The molecule has 0 aliphatic rings. The minimum absolute atomic E-state index is 0.168. The number of hydroxylamine groups is 1. The number of amides is 2. The molecule has 4 aromatic rings. The smallest absolute Gasteiger partial charge is 0.251 e. The monoisotopic (exact) mass is 530 g/mol. The minimum Gasteiger partial charge on any atom is -0.352 e. The van der Waals surface area contributed by atoms with Crippen molar-refractivity contribution in [2.75, 3.05) is 23.8 Å². The maximum absolute atomic E-state index is 12.8. The number of carbonyl (C=O) groups is 2. The first-order valence-electron chi connectivity index (χ1n) is 12.9. The van der Waals surface area contributed by atoms with Gasteiger partial charge in [0.15, 0.2) is 0 Å². The Hall–Kier alpha value is -4.51. The summed E-state index contributed by atoms with van der Waals surface area (Å²) in [6.45, 7) is 4.43. The summed E-state index contributed by atoms with van der Waals surface area (Å²) in [6.07, 6.45) is 4.10. The summed E-state index contributed by atoms with van der Waals surface area (Å²) >= 11 is 0. The zero-order chi connectivity index (χ0) is 27.9. The molecule has 4 rings (SSSR count). The number of unbranched alkanes of at least 4 members (excludes halogenated alkanes) is 2. The lowest BCUT2D eigenvalue weighted by molar-refractivity contribution is -0.129. The highest BCUT2D eigenvalue weighted by atomic mass is 16.5. The fourth-order valence-electron chi connectivity index (χ4n) is 4.27. The summed E-state index contributed by atoms with van der Waals surface area (Å²) in [5.41, 5.74) is 6.73. The third kappa shape index (κ3) is 6.68. The fourth-order valence-corrected chi connectivity index (χ4v) is 4.27. The summed E-state index contributed by atoms with van der Waals surface area (Å²) in [6, 6.07) is 13.5. The largest absolute Gasteiger partial charge is 0.352 e. The van der Waals surface area contributed by atoms with E-state index in [1.54, 1.807) is 17.7 Å². The van der Waals surface area contributed by atoms with Crippen molar-refractivity contribution in [1.82, 2.24) is 30.5 Å². The molecular formula is C28H34N8O3. The van der Waals surface area contributed by atoms with E-state index < -0.39 is 5.91 Å². The molecule has 204 valence electrons. The highest BCUT2D eigenvalue weighted by molar-refractivity contribution is 5.96. The number of anilines is 4. The number of carbonyl (C=O) groups excluding carboxylic acids is 2. The quantitative estimate of drug-likeness (QED) is 0.128. The van der Waals surface area contributed by atoms with Gasteiger partial charge in [-0.25, -0.2) is 10.5 Å². The van der Waals surface area contributed by atoms with E-state index in [9.17, 15) is 9.59 Å². The third-order valence-electron chi connectivity index (χ3n) is 6.72. The fraction of sp³-hybridized carbons (Fsp3) is 0.321. The van der Waals surface area contributed by atoms with Gasteiger partial charge < -0.3 is 15.5 Å². The maximum Gasteiger partial charge on any atom is 0.251 e. The van der Waals surface area contributed by atoms with Crippen LogP contribution >= 0.6 is 0 Å². The number of aromatic nitrogens is 4. The summed E-state index contributed by atoms with van der Waals surface area (Å²) in [4.78, 5) is 34.9. The van der Waals surface area contributed by atoms with E-state index in [1.807, 2.05) is 67.9 Å². The molecule has 0 bridgehead atoms. The maximum atomic E-state index is 12.8. The van der Waals surface area contributed by atoms with E-state index in [0.29, 0.717) is 36.0 Å². The zero-order valence-electron chi connectivity index (χ0n) is 22.7. The number of benzene rings is 2. The van der Waals surface area contributed by atoms with Gasteiger partial charge in [0.2, 0.25) is 11.9 Å². The normalized spacial score (nSPS) is 10.9. The Morgan fingerprint density at radius 3 is 2.67 bits per heavy atom. The van der Waals surface area contributed by atoms with Gasteiger partial charge in [-0.1, -0.05) is 12.5 Å². The first kappa shape index (κ1) is 27.5. The van der Waals surface area contributed by atoms with Gasteiger partial charge in [0, 0.05) is 61.3 Å². The molecule has 0 fully saturated rings. The van der Waals surface area contributed by atoms with Crippen LogP contribution in [0.25, 0.3) is 10.9 Å². The zero-order valence-corrected chi connectivity index (χ0v) is 22.7. The second-order valence-electron chi connectivity index (χ2n) is 9.46. The summed E-state index contributed by atoms with van der Waals surface area (Å²) in [5.74, 6) is 0.553. The Bertz CT molecular complexity index is 1480. The number of nitrogens with one attached hydrogen (secondary N) is 3. The highest BCUT2D eigenvalue weighted by Gasteiger charge is 2.13. The van der Waals surface area contributed by atoms with E-state index in [4.69, 9.17) is 5.21 Å². The van der Waals surface area contributed by atoms with E-state index in [2.05, 4.69) is 31.8 Å². The van der Waals surface area contributed by atoms with Gasteiger partial charge in [0.1, 0.15) is 5.82 Å². The molecule has 0 spiro atoms. The number of aryl methyl sites for hydroxylation is 3. The van der Waals surface area contributed by atoms with Gasteiger partial charge in [-0.3, -0.25) is 19.5 Å². The van der Waals surface area contributed by atoms with E-state index in [1.165, 1.54) is 0 Å². The lowest BCUT2D eigenvalue weighted by atomic mass is 10.1. The Morgan fingerprint density at radius 2 is 1.87 bits per heavy atom. The van der Waals surface area contributed by atoms with Crippen LogP contribution in [0.5, 0.6) is 0 Å². The molecule has 0 saturated heterocycles. The van der Waals surface area contributed by atoms with Gasteiger partial charge in [0.25, 0.3) is 5.91 Å². The van der Waals surface area contributed by atoms with Gasteiger partial charge >= 0.3 is 0 Å². The number of rotatable bonds is 11. The first-order chi connectivity index (χ1) is 18.8. The Balaban J connectivity index is 1.40. The summed E-state index contributed by atoms with van der Waals surface area (Å²) in [5, 5.41) is 20.4. The summed E-state index contributed by atoms with van der Waals surface area (Å²) in [7, 11) is 3.88. The van der Waals surface area contributed by atoms with Crippen molar-refractivity contribution in [3.05, 3.63) is 65.5 Å². The Kier molecular flexibility index (Phi) is 8.72. The van der Waals surface area contributed by atoms with Gasteiger partial charge in [0.05, 0.1) is 5.52 Å². The van der Waals surface area contributed by atoms with Crippen molar-refractivity contribution in [2.45, 2.75) is 39.5 Å². The van der Waals surface area contributed by atoms with Crippen LogP contribution in [-0.2, 0) is 11.8 Å². The van der Waals surface area contributed by atoms with Gasteiger partial charge in [-0.2, -0.15) is 10.1 Å². The lowest BCUT2D eigenvalue weighted by Gasteiger charge is -2.19. The number of hydrogen-bond donors (Lipinski definition) is 4. The van der Waals surface area contributed by atoms with Crippen LogP contribution in [0, 0.1) is 13.8 Å². The molecule has 39 heavy (non-hydrogen) atoms. The Morgan fingerprint density at radius 1 is 1.05 bits per heavy atom. The predicted molar refractivity (Wildman–Crippen MR) is 151 cm³/mol. The Labute approximate surface area is 227 Å². The SMILES string of the molecule is Cc1ccc(Nc2nccc(N(C)c3ccc4c(C)n(C)nc4c3)n2)cc1C(=O)NCCCCCC(=O)NO. The van der Waals surface area contributed by atoms with E-state index in [-0.39, 0.29) is 12.3 Å². The van der Waals surface area contributed by atoms with Crippen LogP contribution in [0.15, 0.2) is 48.7 Å². The van der Waals surface area contributed by atoms with Crippen molar-refractivity contribution >= 4 is 45.9 Å². The molecule has 0 aliphatic heterocycles. The molecule has 0 aliphatic carbocycles. The van der Waals surface area contributed by atoms with Crippen molar-refractivity contribution in [3.63, 3.8) is 0 Å². The van der Waals surface area contributed by atoms with Crippen molar-refractivity contribution in [1.29, 1.82) is 0 Å². The third-order valence-corrected chi connectivity index (χ3v) is 6.72. The molecule has 2 heterocycles. The summed E-state index contributed by atoms with van der Waals surface area (Å²) < 4.78 is 1.87. The van der Waals surface area contributed by atoms with Crippen LogP contribution in [0.3, 0.4) is 0 Å². The molecule has 4 N–H and O–H groups in total. The molecule has 0 atom stereocenters. The minimum atomic E-state index is -0.402. The van der Waals surface area contributed by atoms with Crippen molar-refractivity contribution in [2.24, 2.45) is 7.05 Å². The predicted octanol–water partition coefficient (Wildman–Crippen LogP) is 4.29. The highest BCUT2D eigenvalue weighted by Crippen LogP contribution is 2.28. The molecule has 2 aromatic carbocycles. The second-order valence-corrected chi connectivity index (χ2v) is 9.46. The lowest BCUT2D eigenvalue weighted by Crippen LogP contribution is -2.25. The van der Waals surface area contributed by atoms with Crippen LogP contribution in [-0.4, -0.2) is 50.4 Å². The average Bonchev–Trinajstić information content (AvgIpc) is 3.23. The van der Waals surface area contributed by atoms with E-state index >= 15 is 0 Å². The first-order valence-corrected chi connectivity index (χ1v) is 12.9. The molecule has 11 nitrogen and oxygen atoms in total. The van der Waals surface area contributed by atoms with Crippen LogP contribution in [0.2, 0.25) is 0 Å². The molecule has 2 amide bonds. The average molecular weight is 531 g/mol. The second kappa shape index (κ2) is 12.4. The van der Waals surface area contributed by atoms with Crippen LogP contribution in [0.1, 0.15) is 47.3 Å². The number of fused-ring (bicyclic) bond motifs is 1. The molecule has 11 heteroatoms. The van der Waals surface area contributed by atoms with Crippen LogP contribution < -0.4 is 21.0 Å². The van der Waals surface area contributed by atoms with Gasteiger partial charge in [-0.15, -0.1) is 0 Å². The molecule has 0 radical (unpaired) electrons. The van der Waals surface area contributed by atoms with Gasteiger partial charge in [-0.05, 0) is 68.7 Å². The topological polar surface area (TPSA) is 137 Å². The molecule has 0 saturated carbocycles. The number of nitrogens with zero attached hydrogens (tertiary/aromatic N) is 5. The van der Waals surface area contributed by atoms with Crippen molar-refractivity contribution in [3.8, 4) is 0 Å². The molecule has 2 aromatic heterocycles. The number of hydrogen-bond acceptors (Lipinski definition) is 8. The standard InChI is InChI=1S/C28H34N8O3/c1-18-9-10-20(16-23(18)27(38)29-14-7-5-6-8-26(37)34-39)31-28-30-15-13-25(32-28)35(3)21-11-12-22-19(2)36(4)33-24(22)17-21/h9-13,15-17,39H,5-8,14H2,1-4H3,(H,29,38)(H,34,37)(H,30,31,32).